The van der Waals surface area contributed by atoms with Gasteiger partial charge < -0.3 is 0 Å². The van der Waals surface area contributed by atoms with Gasteiger partial charge in [0, 0.05) is 0 Å². The second-order valence-electron chi connectivity index (χ2n) is 5.42. The highest BCUT2D eigenvalue weighted by Crippen LogP contribution is 2.12. The summed E-state index contributed by atoms with van der Waals surface area (Å²) in [5.74, 6) is 0. The van der Waals surface area contributed by atoms with Gasteiger partial charge in [0.15, 0.2) is 0 Å². The molecule has 0 fully saturated rings. The molecule has 0 saturated heterocycles. The Morgan fingerprint density at radius 1 is 0.632 bits per heavy atom. The fraction of sp³-hybridized carbons (Fsp3) is 0.667. The zero-order valence-electron chi connectivity index (χ0n) is 12.2. The molecule has 0 N–H and O–H groups in total. The second-order valence-corrected chi connectivity index (χ2v) is 5.42. The molecule has 19 heavy (non-hydrogen) atoms. The van der Waals surface area contributed by atoms with Crippen molar-refractivity contribution in [1.29, 1.82) is 0 Å². The van der Waals surface area contributed by atoms with Crippen LogP contribution in [0.1, 0.15) is 76.7 Å². The van der Waals surface area contributed by atoms with Crippen molar-refractivity contribution in [3.63, 3.8) is 0 Å². The summed E-state index contributed by atoms with van der Waals surface area (Å²) in [4.78, 5) is 0. The molecule has 0 bridgehead atoms. The summed E-state index contributed by atoms with van der Waals surface area (Å²) in [5.41, 5.74) is 1.50. The van der Waals surface area contributed by atoms with Crippen molar-refractivity contribution in [2.75, 3.05) is 0 Å². The van der Waals surface area contributed by atoms with Crippen LogP contribution in [0.2, 0.25) is 0 Å². The quantitative estimate of drug-likeness (QED) is 0.382. The van der Waals surface area contributed by atoms with E-state index < -0.39 is 0 Å². The summed E-state index contributed by atoms with van der Waals surface area (Å²) >= 11 is 0. The lowest BCUT2D eigenvalue weighted by Crippen LogP contribution is -1.86. The van der Waals surface area contributed by atoms with Crippen molar-refractivity contribution in [3.8, 4) is 0 Å². The minimum atomic E-state index is 0. The molecule has 0 aliphatic carbocycles. The molecule has 0 amide bonds. The molecule has 0 spiro atoms. The van der Waals surface area contributed by atoms with E-state index in [1.54, 1.807) is 0 Å². The highest BCUT2D eigenvalue weighted by molar-refractivity contribution is 5.75. The third-order valence-corrected chi connectivity index (χ3v) is 3.66. The van der Waals surface area contributed by atoms with Crippen LogP contribution in [0, 0.1) is 0 Å². The van der Waals surface area contributed by atoms with Gasteiger partial charge in [0.25, 0.3) is 0 Å². The third kappa shape index (κ3) is 11.5. The first-order valence-electron chi connectivity index (χ1n) is 7.97. The number of benzene rings is 1. The molecule has 0 heterocycles. The van der Waals surface area contributed by atoms with E-state index >= 15 is 0 Å². The molecule has 1 aromatic carbocycles. The smallest absolute Gasteiger partial charge is 0.0654 e. The van der Waals surface area contributed by atoms with Gasteiger partial charge in [-0.15, -0.1) is 0 Å². The molecule has 1 aromatic rings. The van der Waals surface area contributed by atoms with E-state index in [0.29, 0.717) is 0 Å². The Kier molecular flexibility index (Phi) is 14.4. The first-order valence-corrected chi connectivity index (χ1v) is 7.97. The third-order valence-electron chi connectivity index (χ3n) is 3.66. The van der Waals surface area contributed by atoms with Gasteiger partial charge in [0.05, 0.1) is 0 Å². The van der Waals surface area contributed by atoms with Crippen LogP contribution in [0.4, 0.5) is 0 Å². The highest BCUT2D eigenvalue weighted by Gasteiger charge is 1.94. The van der Waals surface area contributed by atoms with E-state index in [4.69, 9.17) is 0 Å². The molecule has 0 saturated carbocycles. The fourth-order valence-electron chi connectivity index (χ4n) is 2.46. The van der Waals surface area contributed by atoms with E-state index in [-0.39, 0.29) is 23.1 Å². The predicted molar refractivity (Wildman–Crippen MR) is 90.5 cm³/mol. The van der Waals surface area contributed by atoms with Gasteiger partial charge in [-0.3, -0.25) is 0 Å². The van der Waals surface area contributed by atoms with Crippen molar-refractivity contribution >= 4 is 23.1 Å². The number of unbranched alkanes of at least 4 members (excludes halogenated alkanes) is 9. The maximum absolute atomic E-state index is 2.28. The molecule has 0 aromatic heterocycles. The van der Waals surface area contributed by atoms with Gasteiger partial charge in [-0.2, -0.15) is 0 Å². The molecule has 106 valence electrons. The molecule has 0 radical (unpaired) electrons. The number of rotatable bonds is 11. The van der Waals surface area contributed by atoms with Crippen LogP contribution in [-0.4, -0.2) is 23.1 Å². The summed E-state index contributed by atoms with van der Waals surface area (Å²) < 4.78 is 0. The monoisotopic (exact) mass is 272 g/mol. The van der Waals surface area contributed by atoms with Crippen molar-refractivity contribution < 1.29 is 0 Å². The molecule has 0 aliphatic rings. The summed E-state index contributed by atoms with van der Waals surface area (Å²) in [7, 11) is 0. The maximum Gasteiger partial charge on any atom is 0.316 e. The largest absolute Gasteiger partial charge is 0.316 e. The lowest BCUT2D eigenvalue weighted by molar-refractivity contribution is 0.556. The molecule has 0 nitrogen and oxygen atoms in total. The van der Waals surface area contributed by atoms with Crippen LogP contribution >= 0.6 is 0 Å². The Labute approximate surface area is 136 Å². The number of hydrogen-bond donors (Lipinski definition) is 0. The lowest BCUT2D eigenvalue weighted by Gasteiger charge is -2.03. The van der Waals surface area contributed by atoms with Crippen molar-refractivity contribution in [3.05, 3.63) is 35.9 Å². The number of aryl methyl sites for hydroxylation is 1. The molecule has 0 atom stereocenters. The van der Waals surface area contributed by atoms with Gasteiger partial charge in [0.2, 0.25) is 0 Å². The molecular formula is C18H32Mg. The Morgan fingerprint density at radius 2 is 1.11 bits per heavy atom. The predicted octanol–water partition coefficient (Wildman–Crippen LogP) is 5.23. The molecule has 1 rings (SSSR count). The first kappa shape index (κ1) is 19.0. The van der Waals surface area contributed by atoms with Gasteiger partial charge in [-0.05, 0) is 18.4 Å². The van der Waals surface area contributed by atoms with Crippen LogP contribution < -0.4 is 0 Å². The zero-order chi connectivity index (χ0) is 12.9. The first-order chi connectivity index (χ1) is 8.93. The fourth-order valence-corrected chi connectivity index (χ4v) is 2.46. The Bertz CT molecular complexity index is 268. The van der Waals surface area contributed by atoms with Crippen LogP contribution in [0.3, 0.4) is 0 Å². The van der Waals surface area contributed by atoms with Crippen molar-refractivity contribution in [2.24, 2.45) is 0 Å². The molecular weight excluding hydrogens is 241 g/mol. The van der Waals surface area contributed by atoms with Crippen LogP contribution in [-0.2, 0) is 6.42 Å². The normalized spacial score (nSPS) is 10.2. The maximum atomic E-state index is 2.28. The summed E-state index contributed by atoms with van der Waals surface area (Å²) in [6.07, 6.45) is 15.5. The van der Waals surface area contributed by atoms with Gasteiger partial charge >= 0.3 is 23.1 Å². The van der Waals surface area contributed by atoms with Gasteiger partial charge in [0.1, 0.15) is 0 Å². The number of hydrogen-bond acceptors (Lipinski definition) is 0. The van der Waals surface area contributed by atoms with Crippen LogP contribution in [0.25, 0.3) is 0 Å². The van der Waals surface area contributed by atoms with E-state index in [9.17, 15) is 0 Å². The molecule has 0 aliphatic heterocycles. The standard InChI is InChI=1S/C18H30.Mg.2H/c1-2-3-4-5-6-7-8-9-10-12-15-18-16-13-11-14-17-18;;;/h11,13-14,16-17H,2-10,12,15H2,1H3;;;. The van der Waals surface area contributed by atoms with E-state index in [2.05, 4.69) is 37.3 Å². The summed E-state index contributed by atoms with van der Waals surface area (Å²) in [6.45, 7) is 2.28. The average molecular weight is 273 g/mol. The topological polar surface area (TPSA) is 0 Å². The Balaban J connectivity index is 0.00000324. The average Bonchev–Trinajstić information content (AvgIpc) is 2.42. The second kappa shape index (κ2) is 14.4. The van der Waals surface area contributed by atoms with E-state index in [1.165, 1.54) is 76.2 Å². The lowest BCUT2D eigenvalue weighted by atomic mass is 10.0. The minimum absolute atomic E-state index is 0. The zero-order valence-corrected chi connectivity index (χ0v) is 12.2. The molecule has 0 unspecified atom stereocenters. The Hall–Kier alpha value is -0.0138. The SMILES string of the molecule is CCCCCCCCCCCCc1ccccc1.[MgH2]. The van der Waals surface area contributed by atoms with Crippen LogP contribution in [0.5, 0.6) is 0 Å². The van der Waals surface area contributed by atoms with E-state index in [1.807, 2.05) is 0 Å². The highest BCUT2D eigenvalue weighted by atomic mass is 24.3. The molecule has 1 heteroatoms. The van der Waals surface area contributed by atoms with Crippen molar-refractivity contribution in [1.82, 2.24) is 0 Å². The Morgan fingerprint density at radius 3 is 1.63 bits per heavy atom. The summed E-state index contributed by atoms with van der Waals surface area (Å²) in [5, 5.41) is 0. The summed E-state index contributed by atoms with van der Waals surface area (Å²) in [6, 6.07) is 10.9. The van der Waals surface area contributed by atoms with Gasteiger partial charge in [-0.25, -0.2) is 0 Å². The van der Waals surface area contributed by atoms with Crippen LogP contribution in [0.15, 0.2) is 30.3 Å². The van der Waals surface area contributed by atoms with E-state index in [0.717, 1.165) is 0 Å². The van der Waals surface area contributed by atoms with Crippen molar-refractivity contribution in [2.45, 2.75) is 77.6 Å². The van der Waals surface area contributed by atoms with Gasteiger partial charge in [-0.1, -0.05) is 95.0 Å². The minimum Gasteiger partial charge on any atom is -0.0654 e.